The monoisotopic (exact) mass is 111 g/mol. The van der Waals surface area contributed by atoms with Gasteiger partial charge in [-0.2, -0.15) is 0 Å². The van der Waals surface area contributed by atoms with Crippen molar-refractivity contribution in [3.63, 3.8) is 0 Å². The third-order valence-electron chi connectivity index (χ3n) is 2.12. The predicted molar refractivity (Wildman–Crippen MR) is 35.5 cm³/mol. The lowest BCUT2D eigenvalue weighted by atomic mass is 10.2. The highest BCUT2D eigenvalue weighted by molar-refractivity contribution is 5.13. The molecule has 0 unspecified atom stereocenters. The highest BCUT2D eigenvalue weighted by Gasteiger charge is 2.46. The number of nitrogens with two attached hydrogens (primary N) is 1. The van der Waals surface area contributed by atoms with Gasteiger partial charge in [-0.1, -0.05) is 13.0 Å². The van der Waals surface area contributed by atoms with E-state index < -0.39 is 0 Å². The van der Waals surface area contributed by atoms with Gasteiger partial charge in [0.2, 0.25) is 0 Å². The van der Waals surface area contributed by atoms with Gasteiger partial charge in [-0.05, 0) is 18.8 Å². The van der Waals surface area contributed by atoms with Crippen LogP contribution in [0.1, 0.15) is 19.8 Å². The molecule has 1 heteroatoms. The Hall–Kier alpha value is -0.300. The zero-order valence-corrected chi connectivity index (χ0v) is 5.35. The standard InChI is InChI=1S/C7H13N/c1-3-6-5-7(6,8)4-2/h3,6H,1,4-5,8H2,2H3/t6-,7-/m1/s1. The molecule has 2 atom stereocenters. The summed E-state index contributed by atoms with van der Waals surface area (Å²) < 4.78 is 0. The van der Waals surface area contributed by atoms with Crippen LogP contribution in [0.4, 0.5) is 0 Å². The minimum Gasteiger partial charge on any atom is -0.325 e. The summed E-state index contributed by atoms with van der Waals surface area (Å²) in [6, 6.07) is 0. The summed E-state index contributed by atoms with van der Waals surface area (Å²) in [5.41, 5.74) is 5.97. The van der Waals surface area contributed by atoms with E-state index in [0.717, 1.165) is 12.8 Å². The van der Waals surface area contributed by atoms with Gasteiger partial charge in [-0.15, -0.1) is 6.58 Å². The first kappa shape index (κ1) is 5.83. The number of hydrogen-bond acceptors (Lipinski definition) is 1. The van der Waals surface area contributed by atoms with Gasteiger partial charge in [0.25, 0.3) is 0 Å². The quantitative estimate of drug-likeness (QED) is 0.534. The molecule has 0 aromatic heterocycles. The third-order valence-corrected chi connectivity index (χ3v) is 2.12. The maximum absolute atomic E-state index is 5.83. The topological polar surface area (TPSA) is 26.0 Å². The van der Waals surface area contributed by atoms with Crippen molar-refractivity contribution in [2.24, 2.45) is 11.7 Å². The average molecular weight is 111 g/mol. The lowest BCUT2D eigenvalue weighted by Crippen LogP contribution is -2.22. The molecule has 1 rings (SSSR count). The Kier molecular flexibility index (Phi) is 1.16. The van der Waals surface area contributed by atoms with Crippen molar-refractivity contribution in [1.82, 2.24) is 0 Å². The van der Waals surface area contributed by atoms with Crippen LogP contribution in [0.3, 0.4) is 0 Å². The molecule has 0 aromatic carbocycles. The summed E-state index contributed by atoms with van der Waals surface area (Å²) in [7, 11) is 0. The highest BCUT2D eigenvalue weighted by atomic mass is 14.8. The number of rotatable bonds is 2. The van der Waals surface area contributed by atoms with Crippen LogP contribution in [0.25, 0.3) is 0 Å². The second-order valence-electron chi connectivity index (χ2n) is 2.63. The first-order valence-electron chi connectivity index (χ1n) is 3.14. The summed E-state index contributed by atoms with van der Waals surface area (Å²) in [6.45, 7) is 5.81. The molecule has 1 saturated carbocycles. The average Bonchev–Trinajstić information content (AvgIpc) is 2.44. The smallest absolute Gasteiger partial charge is 0.0222 e. The van der Waals surface area contributed by atoms with E-state index in [9.17, 15) is 0 Å². The molecule has 0 saturated heterocycles. The Balaban J connectivity index is 2.42. The SMILES string of the molecule is C=C[C@@H]1C[C@]1(N)CC. The van der Waals surface area contributed by atoms with E-state index >= 15 is 0 Å². The van der Waals surface area contributed by atoms with Crippen molar-refractivity contribution in [1.29, 1.82) is 0 Å². The molecule has 0 radical (unpaired) electrons. The Morgan fingerprint density at radius 3 is 2.75 bits per heavy atom. The van der Waals surface area contributed by atoms with Crippen molar-refractivity contribution in [3.8, 4) is 0 Å². The molecule has 0 aliphatic heterocycles. The van der Waals surface area contributed by atoms with Gasteiger partial charge in [0.1, 0.15) is 0 Å². The van der Waals surface area contributed by atoms with Crippen LogP contribution in [-0.2, 0) is 0 Å². The molecule has 0 bridgehead atoms. The molecular formula is C7H13N. The van der Waals surface area contributed by atoms with Crippen LogP contribution < -0.4 is 5.73 Å². The molecule has 0 heterocycles. The second-order valence-corrected chi connectivity index (χ2v) is 2.63. The maximum atomic E-state index is 5.83. The van der Waals surface area contributed by atoms with E-state index in [4.69, 9.17) is 5.73 Å². The Morgan fingerprint density at radius 2 is 2.62 bits per heavy atom. The maximum Gasteiger partial charge on any atom is 0.0222 e. The van der Waals surface area contributed by atoms with E-state index in [1.54, 1.807) is 0 Å². The lowest BCUT2D eigenvalue weighted by molar-refractivity contribution is 0.617. The van der Waals surface area contributed by atoms with Crippen LogP contribution in [0.2, 0.25) is 0 Å². The van der Waals surface area contributed by atoms with Gasteiger partial charge in [-0.25, -0.2) is 0 Å². The minimum absolute atomic E-state index is 0.141. The predicted octanol–water partition coefficient (Wildman–Crippen LogP) is 1.30. The van der Waals surface area contributed by atoms with Crippen molar-refractivity contribution in [2.75, 3.05) is 0 Å². The highest BCUT2D eigenvalue weighted by Crippen LogP contribution is 2.43. The fraction of sp³-hybridized carbons (Fsp3) is 0.714. The van der Waals surface area contributed by atoms with Crippen LogP contribution in [0.5, 0.6) is 0 Å². The molecule has 1 nitrogen and oxygen atoms in total. The van der Waals surface area contributed by atoms with Gasteiger partial charge < -0.3 is 5.73 Å². The molecule has 2 N–H and O–H groups in total. The van der Waals surface area contributed by atoms with Gasteiger partial charge in [-0.3, -0.25) is 0 Å². The minimum atomic E-state index is 0.141. The van der Waals surface area contributed by atoms with E-state index in [2.05, 4.69) is 13.5 Å². The van der Waals surface area contributed by atoms with Crippen LogP contribution in [0, 0.1) is 5.92 Å². The molecule has 8 heavy (non-hydrogen) atoms. The Labute approximate surface area is 50.6 Å². The number of hydrogen-bond donors (Lipinski definition) is 1. The molecular weight excluding hydrogens is 98.1 g/mol. The summed E-state index contributed by atoms with van der Waals surface area (Å²) in [6.07, 6.45) is 4.19. The second kappa shape index (κ2) is 1.59. The van der Waals surface area contributed by atoms with Crippen molar-refractivity contribution < 1.29 is 0 Å². The lowest BCUT2D eigenvalue weighted by Gasteiger charge is -2.02. The largest absolute Gasteiger partial charge is 0.325 e. The summed E-state index contributed by atoms with van der Waals surface area (Å²) in [5, 5.41) is 0. The van der Waals surface area contributed by atoms with Crippen LogP contribution in [-0.4, -0.2) is 5.54 Å². The van der Waals surface area contributed by atoms with Gasteiger partial charge in [0, 0.05) is 5.54 Å². The summed E-state index contributed by atoms with van der Waals surface area (Å²) >= 11 is 0. The normalized spacial score (nSPS) is 44.0. The summed E-state index contributed by atoms with van der Waals surface area (Å²) in [4.78, 5) is 0. The molecule has 0 spiro atoms. The molecule has 1 aliphatic carbocycles. The molecule has 46 valence electrons. The Morgan fingerprint density at radius 1 is 2.00 bits per heavy atom. The molecule has 1 fully saturated rings. The van der Waals surface area contributed by atoms with Crippen molar-refractivity contribution >= 4 is 0 Å². The van der Waals surface area contributed by atoms with Crippen molar-refractivity contribution in [3.05, 3.63) is 12.7 Å². The molecule has 0 amide bonds. The fourth-order valence-electron chi connectivity index (χ4n) is 1.08. The van der Waals surface area contributed by atoms with Gasteiger partial charge in [0.05, 0.1) is 0 Å². The molecule has 1 aliphatic rings. The van der Waals surface area contributed by atoms with E-state index in [1.165, 1.54) is 0 Å². The van der Waals surface area contributed by atoms with Crippen LogP contribution >= 0.6 is 0 Å². The Bertz CT molecular complexity index is 109. The zero-order valence-electron chi connectivity index (χ0n) is 5.35. The van der Waals surface area contributed by atoms with Crippen molar-refractivity contribution in [2.45, 2.75) is 25.3 Å². The fourth-order valence-corrected chi connectivity index (χ4v) is 1.08. The van der Waals surface area contributed by atoms with Gasteiger partial charge >= 0.3 is 0 Å². The first-order chi connectivity index (χ1) is 3.73. The van der Waals surface area contributed by atoms with Gasteiger partial charge in [0.15, 0.2) is 0 Å². The van der Waals surface area contributed by atoms with Crippen LogP contribution in [0.15, 0.2) is 12.7 Å². The molecule has 0 aromatic rings. The first-order valence-corrected chi connectivity index (χ1v) is 3.14. The van der Waals surface area contributed by atoms with E-state index in [0.29, 0.717) is 5.92 Å². The zero-order chi connectivity index (χ0) is 6.20. The van der Waals surface area contributed by atoms with E-state index in [1.807, 2.05) is 6.08 Å². The third kappa shape index (κ3) is 0.671. The van der Waals surface area contributed by atoms with E-state index in [-0.39, 0.29) is 5.54 Å². The summed E-state index contributed by atoms with van der Waals surface area (Å²) in [5.74, 6) is 0.604.